The first-order valence-electron chi connectivity index (χ1n) is 5.00. The van der Waals surface area contributed by atoms with Crippen molar-refractivity contribution in [3.63, 3.8) is 0 Å². The van der Waals surface area contributed by atoms with Gasteiger partial charge >= 0.3 is 0 Å². The molecule has 1 heterocycles. The summed E-state index contributed by atoms with van der Waals surface area (Å²) in [4.78, 5) is 10.5. The number of anilines is 1. The monoisotopic (exact) mass is 227 g/mol. The highest BCUT2D eigenvalue weighted by atomic mass is 35.5. The van der Waals surface area contributed by atoms with E-state index < -0.39 is 0 Å². The molecule has 0 radical (unpaired) electrons. The van der Waals surface area contributed by atoms with Crippen LogP contribution in [-0.4, -0.2) is 23.6 Å². The SMILES string of the molecule is Cc1nc(Cl)cc(N(C)CC(C)(C)C)n1. The number of aryl methyl sites for hydroxylation is 1. The van der Waals surface area contributed by atoms with Crippen molar-refractivity contribution in [3.05, 3.63) is 17.0 Å². The maximum atomic E-state index is 5.89. The van der Waals surface area contributed by atoms with Crippen LogP contribution >= 0.6 is 11.6 Å². The molecule has 3 nitrogen and oxygen atoms in total. The van der Waals surface area contributed by atoms with Crippen LogP contribution < -0.4 is 4.90 Å². The van der Waals surface area contributed by atoms with Gasteiger partial charge in [0.1, 0.15) is 16.8 Å². The van der Waals surface area contributed by atoms with E-state index in [1.54, 1.807) is 6.07 Å². The summed E-state index contributed by atoms with van der Waals surface area (Å²) in [7, 11) is 2.02. The summed E-state index contributed by atoms with van der Waals surface area (Å²) in [6.07, 6.45) is 0. The lowest BCUT2D eigenvalue weighted by molar-refractivity contribution is 0.417. The summed E-state index contributed by atoms with van der Waals surface area (Å²) < 4.78 is 0. The molecule has 4 heteroatoms. The Morgan fingerprint density at radius 2 is 1.93 bits per heavy atom. The van der Waals surface area contributed by atoms with E-state index in [-0.39, 0.29) is 5.41 Å². The lowest BCUT2D eigenvalue weighted by atomic mass is 9.96. The molecule has 1 rings (SSSR count). The minimum atomic E-state index is 0.236. The maximum Gasteiger partial charge on any atom is 0.134 e. The van der Waals surface area contributed by atoms with Crippen LogP contribution in [0.5, 0.6) is 0 Å². The highest BCUT2D eigenvalue weighted by Gasteiger charge is 2.15. The van der Waals surface area contributed by atoms with E-state index in [2.05, 4.69) is 35.6 Å². The molecule has 0 bridgehead atoms. The second kappa shape index (κ2) is 4.35. The third-order valence-corrected chi connectivity index (χ3v) is 2.09. The van der Waals surface area contributed by atoms with Crippen LogP contribution in [0.25, 0.3) is 0 Å². The molecule has 0 fully saturated rings. The summed E-state index contributed by atoms with van der Waals surface area (Å²) in [5.41, 5.74) is 0.236. The van der Waals surface area contributed by atoms with E-state index in [0.29, 0.717) is 11.0 Å². The second-order valence-electron chi connectivity index (χ2n) is 5.01. The fraction of sp³-hybridized carbons (Fsp3) is 0.636. The molecular weight excluding hydrogens is 210 g/mol. The van der Waals surface area contributed by atoms with Crippen LogP contribution in [0.2, 0.25) is 5.15 Å². The van der Waals surface area contributed by atoms with Gasteiger partial charge in [0.05, 0.1) is 0 Å². The first-order chi connectivity index (χ1) is 6.78. The van der Waals surface area contributed by atoms with E-state index >= 15 is 0 Å². The van der Waals surface area contributed by atoms with Gasteiger partial charge in [0.2, 0.25) is 0 Å². The summed E-state index contributed by atoms with van der Waals surface area (Å²) in [6, 6.07) is 1.79. The van der Waals surface area contributed by atoms with Crippen LogP contribution in [0.3, 0.4) is 0 Å². The van der Waals surface area contributed by atoms with Gasteiger partial charge in [0.25, 0.3) is 0 Å². The van der Waals surface area contributed by atoms with Gasteiger partial charge in [-0.1, -0.05) is 32.4 Å². The molecule has 0 spiro atoms. The Morgan fingerprint density at radius 1 is 1.33 bits per heavy atom. The topological polar surface area (TPSA) is 29.0 Å². The zero-order valence-electron chi connectivity index (χ0n) is 10.0. The Morgan fingerprint density at radius 3 is 2.40 bits per heavy atom. The standard InChI is InChI=1S/C11H18ClN3/c1-8-13-9(12)6-10(14-8)15(5)7-11(2,3)4/h6H,7H2,1-5H3. The molecule has 15 heavy (non-hydrogen) atoms. The largest absolute Gasteiger partial charge is 0.359 e. The summed E-state index contributed by atoms with van der Waals surface area (Å²) in [5, 5.41) is 0.498. The van der Waals surface area contributed by atoms with Crippen molar-refractivity contribution in [3.8, 4) is 0 Å². The van der Waals surface area contributed by atoms with Crippen LogP contribution in [0, 0.1) is 12.3 Å². The Balaban J connectivity index is 2.86. The summed E-state index contributed by atoms with van der Waals surface area (Å²) >= 11 is 5.89. The smallest absolute Gasteiger partial charge is 0.134 e. The van der Waals surface area contributed by atoms with Crippen molar-refractivity contribution in [1.29, 1.82) is 0 Å². The number of hydrogen-bond donors (Lipinski definition) is 0. The van der Waals surface area contributed by atoms with Gasteiger partial charge in [-0.2, -0.15) is 0 Å². The molecular formula is C11H18ClN3. The van der Waals surface area contributed by atoms with Crippen molar-refractivity contribution >= 4 is 17.4 Å². The van der Waals surface area contributed by atoms with Gasteiger partial charge in [0.15, 0.2) is 0 Å². The average Bonchev–Trinajstić information content (AvgIpc) is 1.98. The molecule has 0 saturated carbocycles. The lowest BCUT2D eigenvalue weighted by Gasteiger charge is -2.27. The molecule has 1 aromatic heterocycles. The Labute approximate surface area is 96.5 Å². The molecule has 0 saturated heterocycles. The van der Waals surface area contributed by atoms with Crippen LogP contribution in [-0.2, 0) is 0 Å². The molecule has 84 valence electrons. The minimum Gasteiger partial charge on any atom is -0.359 e. The molecule has 0 aromatic carbocycles. The van der Waals surface area contributed by atoms with E-state index in [9.17, 15) is 0 Å². The Hall–Kier alpha value is -0.830. The first kappa shape index (κ1) is 12.2. The van der Waals surface area contributed by atoms with E-state index in [4.69, 9.17) is 11.6 Å². The molecule has 0 amide bonds. The van der Waals surface area contributed by atoms with Crippen molar-refractivity contribution < 1.29 is 0 Å². The van der Waals surface area contributed by atoms with Crippen LogP contribution in [0.1, 0.15) is 26.6 Å². The third kappa shape index (κ3) is 4.04. The summed E-state index contributed by atoms with van der Waals surface area (Å²) in [5.74, 6) is 1.58. The van der Waals surface area contributed by atoms with E-state index in [1.807, 2.05) is 14.0 Å². The molecule has 1 aromatic rings. The fourth-order valence-electron chi connectivity index (χ4n) is 1.50. The van der Waals surface area contributed by atoms with Gasteiger partial charge in [-0.05, 0) is 12.3 Å². The van der Waals surface area contributed by atoms with Gasteiger partial charge in [-0.25, -0.2) is 9.97 Å². The summed E-state index contributed by atoms with van der Waals surface area (Å²) in [6.45, 7) is 9.36. The fourth-order valence-corrected chi connectivity index (χ4v) is 1.72. The highest BCUT2D eigenvalue weighted by molar-refractivity contribution is 6.29. The van der Waals surface area contributed by atoms with Crippen molar-refractivity contribution in [2.24, 2.45) is 5.41 Å². The molecule has 0 unspecified atom stereocenters. The predicted molar refractivity (Wildman–Crippen MR) is 64.5 cm³/mol. The van der Waals surface area contributed by atoms with Crippen molar-refractivity contribution in [2.45, 2.75) is 27.7 Å². The van der Waals surface area contributed by atoms with Crippen molar-refractivity contribution in [1.82, 2.24) is 9.97 Å². The number of nitrogens with zero attached hydrogens (tertiary/aromatic N) is 3. The third-order valence-electron chi connectivity index (χ3n) is 1.90. The van der Waals surface area contributed by atoms with Gasteiger partial charge in [0, 0.05) is 19.7 Å². The number of hydrogen-bond acceptors (Lipinski definition) is 3. The average molecular weight is 228 g/mol. The Kier molecular flexibility index (Phi) is 3.55. The minimum absolute atomic E-state index is 0.236. The molecule has 0 aliphatic heterocycles. The quantitative estimate of drug-likeness (QED) is 0.728. The van der Waals surface area contributed by atoms with E-state index in [0.717, 1.165) is 12.4 Å². The van der Waals surface area contributed by atoms with Crippen molar-refractivity contribution in [2.75, 3.05) is 18.5 Å². The second-order valence-corrected chi connectivity index (χ2v) is 5.40. The number of rotatable bonds is 2. The Bertz CT molecular complexity index is 324. The zero-order chi connectivity index (χ0) is 11.6. The lowest BCUT2D eigenvalue weighted by Crippen LogP contribution is -2.29. The predicted octanol–water partition coefficient (Wildman–Crippen LogP) is 2.92. The number of halogens is 1. The maximum absolute atomic E-state index is 5.89. The molecule has 0 N–H and O–H groups in total. The first-order valence-corrected chi connectivity index (χ1v) is 5.38. The van der Waals surface area contributed by atoms with E-state index in [1.165, 1.54) is 0 Å². The van der Waals surface area contributed by atoms with Gasteiger partial charge in [-0.3, -0.25) is 0 Å². The molecule has 0 atom stereocenters. The van der Waals surface area contributed by atoms with Crippen LogP contribution in [0.15, 0.2) is 6.07 Å². The van der Waals surface area contributed by atoms with Gasteiger partial charge < -0.3 is 4.90 Å². The van der Waals surface area contributed by atoms with Gasteiger partial charge in [-0.15, -0.1) is 0 Å². The number of aromatic nitrogens is 2. The van der Waals surface area contributed by atoms with Crippen LogP contribution in [0.4, 0.5) is 5.82 Å². The highest BCUT2D eigenvalue weighted by Crippen LogP contribution is 2.20. The molecule has 0 aliphatic rings. The normalized spacial score (nSPS) is 11.6. The molecule has 0 aliphatic carbocycles. The zero-order valence-corrected chi connectivity index (χ0v) is 10.8.